The quantitative estimate of drug-likeness (QED) is 0.927. The molecule has 5 nitrogen and oxygen atoms in total. The SMILES string of the molecule is CCNC(=O)CN1c2ccc(CC)cc2-c2ccccc2S1(=O)=O. The van der Waals surface area contributed by atoms with Crippen molar-refractivity contribution in [1.29, 1.82) is 0 Å². The first-order valence-electron chi connectivity index (χ1n) is 8.00. The fraction of sp³-hybridized carbons (Fsp3) is 0.278. The predicted octanol–water partition coefficient (Wildman–Crippen LogP) is 2.56. The van der Waals surface area contributed by atoms with Gasteiger partial charge in [-0.05, 0) is 37.1 Å². The fourth-order valence-electron chi connectivity index (χ4n) is 2.95. The van der Waals surface area contributed by atoms with Crippen molar-refractivity contribution in [2.45, 2.75) is 25.2 Å². The Bertz CT molecular complexity index is 891. The first-order chi connectivity index (χ1) is 11.5. The van der Waals surface area contributed by atoms with E-state index in [0.29, 0.717) is 17.8 Å². The van der Waals surface area contributed by atoms with Crippen LogP contribution in [-0.4, -0.2) is 27.4 Å². The van der Waals surface area contributed by atoms with Crippen LogP contribution in [0.2, 0.25) is 0 Å². The summed E-state index contributed by atoms with van der Waals surface area (Å²) in [5, 5.41) is 2.66. The summed E-state index contributed by atoms with van der Waals surface area (Å²) in [6.45, 7) is 4.10. The number of fused-ring (bicyclic) bond motifs is 3. The number of benzene rings is 2. The average molecular weight is 344 g/mol. The van der Waals surface area contributed by atoms with Gasteiger partial charge in [-0.3, -0.25) is 9.10 Å². The maximum absolute atomic E-state index is 13.0. The molecular formula is C18H20N2O3S. The van der Waals surface area contributed by atoms with Crippen LogP contribution < -0.4 is 9.62 Å². The molecule has 2 aromatic carbocycles. The zero-order chi connectivity index (χ0) is 17.3. The van der Waals surface area contributed by atoms with Crippen molar-refractivity contribution in [3.05, 3.63) is 48.0 Å². The number of hydrogen-bond donors (Lipinski definition) is 1. The molecule has 3 rings (SSSR count). The van der Waals surface area contributed by atoms with Crippen molar-refractivity contribution in [2.75, 3.05) is 17.4 Å². The van der Waals surface area contributed by atoms with Crippen LogP contribution in [0, 0.1) is 0 Å². The van der Waals surface area contributed by atoms with E-state index in [0.717, 1.165) is 17.5 Å². The third-order valence-electron chi connectivity index (χ3n) is 4.14. The summed E-state index contributed by atoms with van der Waals surface area (Å²) in [5.74, 6) is -0.314. The number of hydrogen-bond acceptors (Lipinski definition) is 3. The molecule has 1 aliphatic heterocycles. The summed E-state index contributed by atoms with van der Waals surface area (Å²) in [4.78, 5) is 12.3. The second-order valence-corrected chi connectivity index (χ2v) is 7.50. The maximum atomic E-state index is 13.0. The fourth-order valence-corrected chi connectivity index (χ4v) is 4.60. The van der Waals surface area contributed by atoms with Crippen molar-refractivity contribution >= 4 is 21.6 Å². The molecule has 1 heterocycles. The van der Waals surface area contributed by atoms with Crippen molar-refractivity contribution in [1.82, 2.24) is 5.32 Å². The zero-order valence-corrected chi connectivity index (χ0v) is 14.6. The zero-order valence-electron chi connectivity index (χ0n) is 13.7. The lowest BCUT2D eigenvalue weighted by molar-refractivity contribution is -0.119. The summed E-state index contributed by atoms with van der Waals surface area (Å²) < 4.78 is 27.2. The number of carbonyl (C=O) groups is 1. The van der Waals surface area contributed by atoms with Crippen LogP contribution in [0.4, 0.5) is 5.69 Å². The summed E-state index contributed by atoms with van der Waals surface area (Å²) in [5.41, 5.74) is 3.22. The van der Waals surface area contributed by atoms with Gasteiger partial charge in [0.05, 0.1) is 10.6 Å². The largest absolute Gasteiger partial charge is 0.355 e. The Morgan fingerprint density at radius 1 is 1.08 bits per heavy atom. The molecule has 0 unspecified atom stereocenters. The van der Waals surface area contributed by atoms with Crippen LogP contribution in [-0.2, 0) is 21.2 Å². The number of rotatable bonds is 4. The van der Waals surface area contributed by atoms with Gasteiger partial charge in [0.25, 0.3) is 10.0 Å². The number of amides is 1. The first-order valence-corrected chi connectivity index (χ1v) is 9.44. The predicted molar refractivity (Wildman–Crippen MR) is 94.5 cm³/mol. The molecule has 0 fully saturated rings. The van der Waals surface area contributed by atoms with Crippen molar-refractivity contribution in [3.8, 4) is 11.1 Å². The summed E-state index contributed by atoms with van der Waals surface area (Å²) in [6, 6.07) is 12.7. The van der Waals surface area contributed by atoms with Crippen LogP contribution in [0.25, 0.3) is 11.1 Å². The lowest BCUT2D eigenvalue weighted by Gasteiger charge is -2.32. The normalized spacial score (nSPS) is 14.7. The third kappa shape index (κ3) is 2.67. The number of nitrogens with one attached hydrogen (secondary N) is 1. The first kappa shape index (κ1) is 16.5. The lowest BCUT2D eigenvalue weighted by atomic mass is 9.99. The molecule has 0 aliphatic carbocycles. The highest BCUT2D eigenvalue weighted by atomic mass is 32.2. The van der Waals surface area contributed by atoms with Crippen molar-refractivity contribution in [3.63, 3.8) is 0 Å². The monoisotopic (exact) mass is 344 g/mol. The molecule has 0 saturated heterocycles. The molecule has 2 aromatic rings. The van der Waals surface area contributed by atoms with Crippen LogP contribution >= 0.6 is 0 Å². The van der Waals surface area contributed by atoms with E-state index in [1.807, 2.05) is 24.3 Å². The van der Waals surface area contributed by atoms with Gasteiger partial charge in [0.1, 0.15) is 6.54 Å². The molecule has 0 bridgehead atoms. The molecule has 126 valence electrons. The van der Waals surface area contributed by atoms with E-state index in [2.05, 4.69) is 12.2 Å². The molecule has 1 N–H and O–H groups in total. The number of nitrogens with zero attached hydrogens (tertiary/aromatic N) is 1. The standard InChI is InChI=1S/C18H20N2O3S/c1-3-13-9-10-16-15(11-13)14-7-5-6-8-17(14)24(22,23)20(16)12-18(21)19-4-2/h5-11H,3-4,12H2,1-2H3,(H,19,21). The molecule has 0 atom stereocenters. The van der Waals surface area contributed by atoms with E-state index in [9.17, 15) is 13.2 Å². The maximum Gasteiger partial charge on any atom is 0.265 e. The molecule has 0 radical (unpaired) electrons. The molecule has 0 spiro atoms. The van der Waals surface area contributed by atoms with E-state index < -0.39 is 10.0 Å². The number of sulfonamides is 1. The summed E-state index contributed by atoms with van der Waals surface area (Å²) in [7, 11) is -3.76. The van der Waals surface area contributed by atoms with E-state index in [1.165, 1.54) is 4.31 Å². The molecule has 6 heteroatoms. The Kier molecular flexibility index (Phi) is 4.32. The van der Waals surface area contributed by atoms with Gasteiger partial charge in [-0.2, -0.15) is 0 Å². The van der Waals surface area contributed by atoms with Gasteiger partial charge < -0.3 is 5.32 Å². The van der Waals surface area contributed by atoms with Crippen LogP contribution in [0.3, 0.4) is 0 Å². The summed E-state index contributed by atoms with van der Waals surface area (Å²) >= 11 is 0. The highest BCUT2D eigenvalue weighted by Crippen LogP contribution is 2.43. The highest BCUT2D eigenvalue weighted by Gasteiger charge is 2.35. The summed E-state index contributed by atoms with van der Waals surface area (Å²) in [6.07, 6.45) is 0.860. The highest BCUT2D eigenvalue weighted by molar-refractivity contribution is 7.93. The van der Waals surface area contributed by atoms with Crippen molar-refractivity contribution in [2.24, 2.45) is 0 Å². The van der Waals surface area contributed by atoms with Gasteiger partial charge >= 0.3 is 0 Å². The minimum absolute atomic E-state index is 0.219. The minimum Gasteiger partial charge on any atom is -0.355 e. The Hall–Kier alpha value is -2.34. The third-order valence-corrected chi connectivity index (χ3v) is 5.96. The Balaban J connectivity index is 2.20. The van der Waals surface area contributed by atoms with E-state index >= 15 is 0 Å². The molecule has 1 amide bonds. The van der Waals surface area contributed by atoms with E-state index in [1.54, 1.807) is 25.1 Å². The second kappa shape index (κ2) is 6.28. The number of anilines is 1. The smallest absolute Gasteiger partial charge is 0.265 e. The van der Waals surface area contributed by atoms with E-state index in [-0.39, 0.29) is 17.3 Å². The molecule has 1 aliphatic rings. The van der Waals surface area contributed by atoms with Crippen LogP contribution in [0.1, 0.15) is 19.4 Å². The Labute approximate surface area is 142 Å². The lowest BCUT2D eigenvalue weighted by Crippen LogP contribution is -2.42. The number of aryl methyl sites for hydroxylation is 1. The number of likely N-dealkylation sites (N-methyl/N-ethyl adjacent to an activating group) is 1. The van der Waals surface area contributed by atoms with Crippen molar-refractivity contribution < 1.29 is 13.2 Å². The molecule has 0 aromatic heterocycles. The van der Waals surface area contributed by atoms with Gasteiger partial charge in [-0.15, -0.1) is 0 Å². The Morgan fingerprint density at radius 3 is 2.54 bits per heavy atom. The molecular weight excluding hydrogens is 324 g/mol. The Morgan fingerprint density at radius 2 is 1.83 bits per heavy atom. The second-order valence-electron chi connectivity index (χ2n) is 5.67. The van der Waals surface area contributed by atoms with Gasteiger partial charge in [-0.25, -0.2) is 8.42 Å². The van der Waals surface area contributed by atoms with E-state index in [4.69, 9.17) is 0 Å². The topological polar surface area (TPSA) is 66.5 Å². The number of carbonyl (C=O) groups excluding carboxylic acids is 1. The van der Waals surface area contributed by atoms with Gasteiger partial charge in [0, 0.05) is 17.7 Å². The van der Waals surface area contributed by atoms with Gasteiger partial charge in [0.15, 0.2) is 0 Å². The van der Waals surface area contributed by atoms with Gasteiger partial charge in [0.2, 0.25) is 5.91 Å². The average Bonchev–Trinajstić information content (AvgIpc) is 2.58. The van der Waals surface area contributed by atoms with Crippen LogP contribution in [0.15, 0.2) is 47.4 Å². The molecule has 0 saturated carbocycles. The minimum atomic E-state index is -3.76. The van der Waals surface area contributed by atoms with Gasteiger partial charge in [-0.1, -0.05) is 31.2 Å². The molecule has 24 heavy (non-hydrogen) atoms. The van der Waals surface area contributed by atoms with Crippen LogP contribution in [0.5, 0.6) is 0 Å².